The maximum atomic E-state index is 12.7. The molecule has 0 unspecified atom stereocenters. The number of nitrogens with zero attached hydrogens (tertiary/aromatic N) is 2. The maximum absolute atomic E-state index is 12.7. The van der Waals surface area contributed by atoms with Crippen LogP contribution in [0.5, 0.6) is 5.75 Å². The molecule has 2 N–H and O–H groups in total. The molecule has 2 aromatic carbocycles. The molecule has 0 radical (unpaired) electrons. The molecular formula is C25H24N3O5-. The van der Waals surface area contributed by atoms with Gasteiger partial charge in [0.1, 0.15) is 12.4 Å². The number of anilines is 1. The third kappa shape index (κ3) is 5.54. The highest BCUT2D eigenvalue weighted by Gasteiger charge is 2.27. The number of aliphatic hydroxyl groups excluding tert-OH is 1. The summed E-state index contributed by atoms with van der Waals surface area (Å²) in [6, 6.07) is 14.8. The van der Waals surface area contributed by atoms with Gasteiger partial charge in [-0.15, -0.1) is 0 Å². The van der Waals surface area contributed by atoms with Crippen LogP contribution in [0.4, 0.5) is 5.69 Å². The standard InChI is InChI=1S/C25H24N3O5/c1-16-2-4-19(25(31)28(32)21-8-9-21)12-23(16)27-24(30)18-5-10-22(11-6-18)33-15-20-7-3-17(14-29)13-26-20/h2-7,10-13,21,29H,8-9,14-15H2,1H3,(H,27,30)/q-1. The number of hydrogen-bond acceptors (Lipinski definition) is 6. The van der Waals surface area contributed by atoms with Crippen LogP contribution in [-0.2, 0) is 13.2 Å². The third-order valence-electron chi connectivity index (χ3n) is 5.38. The number of carbonyl (C=O) groups is 2. The molecule has 8 heteroatoms. The number of aromatic nitrogens is 1. The van der Waals surface area contributed by atoms with Crippen molar-refractivity contribution in [1.29, 1.82) is 0 Å². The van der Waals surface area contributed by atoms with Crippen molar-refractivity contribution < 1.29 is 19.4 Å². The topological polar surface area (TPSA) is 115 Å². The minimum absolute atomic E-state index is 0.0602. The lowest BCUT2D eigenvalue weighted by Gasteiger charge is -2.28. The molecule has 0 aliphatic heterocycles. The van der Waals surface area contributed by atoms with Crippen LogP contribution < -0.4 is 10.1 Å². The van der Waals surface area contributed by atoms with Crippen LogP contribution in [0.15, 0.2) is 60.8 Å². The number of ether oxygens (including phenoxy) is 1. The van der Waals surface area contributed by atoms with Crippen molar-refractivity contribution in [2.75, 3.05) is 5.32 Å². The molecule has 2 amide bonds. The fraction of sp³-hybridized carbons (Fsp3) is 0.240. The Morgan fingerprint density at radius 2 is 1.85 bits per heavy atom. The number of aryl methyl sites for hydroxylation is 1. The van der Waals surface area contributed by atoms with Crippen LogP contribution in [0.2, 0.25) is 0 Å². The Labute approximate surface area is 191 Å². The van der Waals surface area contributed by atoms with Gasteiger partial charge in [0.15, 0.2) is 0 Å². The Bertz CT molecular complexity index is 1140. The Morgan fingerprint density at radius 3 is 2.48 bits per heavy atom. The van der Waals surface area contributed by atoms with E-state index in [1.54, 1.807) is 54.7 Å². The molecule has 3 aromatic rings. The van der Waals surface area contributed by atoms with E-state index in [4.69, 9.17) is 9.84 Å². The molecule has 1 aromatic heterocycles. The number of nitrogens with one attached hydrogen (secondary N) is 1. The first-order valence-corrected chi connectivity index (χ1v) is 10.6. The van der Waals surface area contributed by atoms with Gasteiger partial charge in [0, 0.05) is 29.1 Å². The molecule has 1 saturated carbocycles. The van der Waals surface area contributed by atoms with E-state index in [0.717, 1.165) is 29.7 Å². The Hall–Kier alpha value is -3.75. The number of aliphatic hydroxyl groups is 1. The van der Waals surface area contributed by atoms with Gasteiger partial charge in [-0.05, 0) is 73.4 Å². The number of carbonyl (C=O) groups excluding carboxylic acids is 2. The average molecular weight is 446 g/mol. The van der Waals surface area contributed by atoms with Crippen LogP contribution >= 0.6 is 0 Å². The SMILES string of the molecule is Cc1ccc(C(=O)N([O-])C2CC2)cc1NC(=O)c1ccc(OCc2ccc(CO)cn2)cc1. The Balaban J connectivity index is 1.38. The molecule has 0 bridgehead atoms. The van der Waals surface area contributed by atoms with Gasteiger partial charge in [-0.25, -0.2) is 0 Å². The van der Waals surface area contributed by atoms with Crippen molar-refractivity contribution in [3.63, 3.8) is 0 Å². The summed E-state index contributed by atoms with van der Waals surface area (Å²) >= 11 is 0. The number of hydroxylamine groups is 2. The predicted octanol–water partition coefficient (Wildman–Crippen LogP) is 3.82. The highest BCUT2D eigenvalue weighted by molar-refractivity contribution is 6.05. The summed E-state index contributed by atoms with van der Waals surface area (Å²) in [7, 11) is 0. The van der Waals surface area contributed by atoms with Gasteiger partial charge in [-0.3, -0.25) is 14.6 Å². The quantitative estimate of drug-likeness (QED) is 0.509. The molecular weight excluding hydrogens is 422 g/mol. The minimum atomic E-state index is -0.588. The Morgan fingerprint density at radius 1 is 1.12 bits per heavy atom. The molecule has 0 saturated heterocycles. The normalized spacial score (nSPS) is 12.8. The van der Waals surface area contributed by atoms with E-state index in [2.05, 4.69) is 10.3 Å². The summed E-state index contributed by atoms with van der Waals surface area (Å²) in [6.07, 6.45) is 3.06. The average Bonchev–Trinajstić information content (AvgIpc) is 3.69. The lowest BCUT2D eigenvalue weighted by Crippen LogP contribution is -2.27. The molecule has 1 aliphatic rings. The molecule has 4 rings (SSSR count). The maximum Gasteiger partial charge on any atom is 0.255 e. The van der Waals surface area contributed by atoms with Crippen molar-refractivity contribution in [3.8, 4) is 5.75 Å². The van der Waals surface area contributed by atoms with Gasteiger partial charge in [0.2, 0.25) is 5.91 Å². The van der Waals surface area contributed by atoms with Gasteiger partial charge in [-0.2, -0.15) is 0 Å². The van der Waals surface area contributed by atoms with Gasteiger partial charge < -0.3 is 25.4 Å². The smallest absolute Gasteiger partial charge is 0.255 e. The monoisotopic (exact) mass is 446 g/mol. The number of amides is 2. The summed E-state index contributed by atoms with van der Waals surface area (Å²) in [5, 5.41) is 24.4. The summed E-state index contributed by atoms with van der Waals surface area (Å²) in [5.74, 6) is -0.342. The highest BCUT2D eigenvalue weighted by Crippen LogP contribution is 2.28. The molecule has 1 aliphatic carbocycles. The van der Waals surface area contributed by atoms with Crippen LogP contribution in [-0.4, -0.2) is 33.0 Å². The zero-order valence-corrected chi connectivity index (χ0v) is 18.2. The van der Waals surface area contributed by atoms with E-state index in [1.807, 2.05) is 6.92 Å². The van der Waals surface area contributed by atoms with Gasteiger partial charge in [-0.1, -0.05) is 12.1 Å². The zero-order valence-electron chi connectivity index (χ0n) is 18.2. The first kappa shape index (κ1) is 22.4. The largest absolute Gasteiger partial charge is 0.756 e. The number of benzene rings is 2. The number of hydrogen-bond donors (Lipinski definition) is 2. The van der Waals surface area contributed by atoms with Gasteiger partial charge >= 0.3 is 0 Å². The van der Waals surface area contributed by atoms with E-state index in [9.17, 15) is 14.8 Å². The summed E-state index contributed by atoms with van der Waals surface area (Å²) < 4.78 is 5.70. The number of rotatable bonds is 8. The summed E-state index contributed by atoms with van der Waals surface area (Å²) in [5.41, 5.74) is 3.38. The predicted molar refractivity (Wildman–Crippen MR) is 123 cm³/mol. The van der Waals surface area contributed by atoms with Crippen molar-refractivity contribution in [2.45, 2.75) is 39.0 Å². The second-order valence-corrected chi connectivity index (χ2v) is 7.97. The van der Waals surface area contributed by atoms with Crippen LogP contribution in [0, 0.1) is 12.1 Å². The zero-order chi connectivity index (χ0) is 23.4. The fourth-order valence-corrected chi connectivity index (χ4v) is 3.18. The molecule has 0 atom stereocenters. The molecule has 1 heterocycles. The van der Waals surface area contributed by atoms with E-state index < -0.39 is 5.91 Å². The molecule has 8 nitrogen and oxygen atoms in total. The van der Waals surface area contributed by atoms with Gasteiger partial charge in [0.05, 0.1) is 12.3 Å². The second kappa shape index (κ2) is 9.81. The van der Waals surface area contributed by atoms with Gasteiger partial charge in [0.25, 0.3) is 5.91 Å². The highest BCUT2D eigenvalue weighted by atomic mass is 16.5. The van der Waals surface area contributed by atoms with E-state index in [1.165, 1.54) is 6.07 Å². The molecule has 33 heavy (non-hydrogen) atoms. The van der Waals surface area contributed by atoms with Crippen LogP contribution in [0.3, 0.4) is 0 Å². The lowest BCUT2D eigenvalue weighted by molar-refractivity contribution is 0.0813. The van der Waals surface area contributed by atoms with Crippen LogP contribution in [0.25, 0.3) is 0 Å². The fourth-order valence-electron chi connectivity index (χ4n) is 3.18. The lowest BCUT2D eigenvalue weighted by atomic mass is 10.1. The second-order valence-electron chi connectivity index (χ2n) is 7.97. The minimum Gasteiger partial charge on any atom is -0.756 e. The first-order valence-electron chi connectivity index (χ1n) is 10.6. The van der Waals surface area contributed by atoms with Crippen LogP contribution in [0.1, 0.15) is 50.4 Å². The van der Waals surface area contributed by atoms with E-state index in [-0.39, 0.29) is 30.7 Å². The van der Waals surface area contributed by atoms with Crippen molar-refractivity contribution in [3.05, 3.63) is 93.9 Å². The molecule has 1 fully saturated rings. The van der Waals surface area contributed by atoms with Crippen molar-refractivity contribution >= 4 is 17.5 Å². The van der Waals surface area contributed by atoms with E-state index in [0.29, 0.717) is 22.1 Å². The molecule has 170 valence electrons. The van der Waals surface area contributed by atoms with E-state index >= 15 is 0 Å². The molecule has 0 spiro atoms. The summed E-state index contributed by atoms with van der Waals surface area (Å²) in [4.78, 5) is 29.3. The Kier molecular flexibility index (Phi) is 6.67. The third-order valence-corrected chi connectivity index (χ3v) is 5.38. The summed E-state index contributed by atoms with van der Waals surface area (Å²) in [6.45, 7) is 2.02. The first-order chi connectivity index (χ1) is 15.9. The van der Waals surface area contributed by atoms with Crippen molar-refractivity contribution in [2.24, 2.45) is 0 Å². The number of pyridine rings is 1. The van der Waals surface area contributed by atoms with Crippen molar-refractivity contribution in [1.82, 2.24) is 10.0 Å².